The quantitative estimate of drug-likeness (QED) is 0.458. The Morgan fingerprint density at radius 2 is 1.85 bits per heavy atom. The van der Waals surface area contributed by atoms with Crippen molar-refractivity contribution >= 4 is 51.4 Å². The Bertz CT molecular complexity index is 1480. The summed E-state index contributed by atoms with van der Waals surface area (Å²) < 4.78 is 2.11. The zero-order valence-corrected chi connectivity index (χ0v) is 20.8. The van der Waals surface area contributed by atoms with E-state index in [0.717, 1.165) is 44.4 Å². The van der Waals surface area contributed by atoms with Crippen LogP contribution in [0.1, 0.15) is 33.6 Å². The first-order valence-electron chi connectivity index (χ1n) is 10.8. The third kappa shape index (κ3) is 3.81. The molecular weight excluding hydrogens is 466 g/mol. The van der Waals surface area contributed by atoms with E-state index in [-0.39, 0.29) is 11.4 Å². The molecule has 2 aliphatic rings. The van der Waals surface area contributed by atoms with E-state index >= 15 is 0 Å². The predicted octanol–water partition coefficient (Wildman–Crippen LogP) is 6.03. The number of nitrogens with one attached hydrogen (secondary N) is 1. The van der Waals surface area contributed by atoms with Crippen LogP contribution in [0.2, 0.25) is 5.02 Å². The Morgan fingerprint density at radius 3 is 2.62 bits per heavy atom. The Morgan fingerprint density at radius 1 is 1.06 bits per heavy atom. The van der Waals surface area contributed by atoms with Gasteiger partial charge in [0, 0.05) is 27.7 Å². The van der Waals surface area contributed by atoms with Gasteiger partial charge < -0.3 is 4.57 Å². The lowest BCUT2D eigenvalue weighted by atomic mass is 10.1. The minimum Gasteiger partial charge on any atom is -0.318 e. The summed E-state index contributed by atoms with van der Waals surface area (Å²) in [6, 6.07) is 15.8. The highest BCUT2D eigenvalue weighted by Crippen LogP contribution is 2.32. The van der Waals surface area contributed by atoms with Gasteiger partial charge >= 0.3 is 0 Å². The van der Waals surface area contributed by atoms with Gasteiger partial charge in [-0.05, 0) is 80.9 Å². The Hall–Kier alpha value is -3.42. The van der Waals surface area contributed by atoms with Crippen LogP contribution in [0.15, 0.2) is 64.2 Å². The summed E-state index contributed by atoms with van der Waals surface area (Å²) in [6.07, 6.45) is 1.73. The highest BCUT2D eigenvalue weighted by molar-refractivity contribution is 8.27. The number of aryl methyl sites for hydroxylation is 3. The van der Waals surface area contributed by atoms with Gasteiger partial charge in [0.05, 0.1) is 5.57 Å². The Labute approximate surface area is 207 Å². The van der Waals surface area contributed by atoms with Crippen molar-refractivity contribution in [2.24, 2.45) is 10.1 Å². The van der Waals surface area contributed by atoms with Gasteiger partial charge in [0.25, 0.3) is 5.91 Å². The molecule has 34 heavy (non-hydrogen) atoms. The van der Waals surface area contributed by atoms with Crippen molar-refractivity contribution in [1.82, 2.24) is 9.58 Å². The summed E-state index contributed by atoms with van der Waals surface area (Å²) in [5.41, 5.74) is 7.14. The summed E-state index contributed by atoms with van der Waals surface area (Å²) in [7, 11) is 0. The molecule has 1 aromatic heterocycles. The van der Waals surface area contributed by atoms with E-state index in [0.29, 0.717) is 10.2 Å². The van der Waals surface area contributed by atoms with E-state index < -0.39 is 5.91 Å². The molecule has 0 saturated heterocycles. The molecule has 0 unspecified atom stereocenters. The zero-order chi connectivity index (χ0) is 24.1. The number of nitrogens with zero attached hydrogens (tertiary/aromatic N) is 4. The normalized spacial score (nSPS) is 16.7. The van der Waals surface area contributed by atoms with Gasteiger partial charge in [0.2, 0.25) is 5.17 Å². The number of amidine groups is 2. The summed E-state index contributed by atoms with van der Waals surface area (Å²) in [5.74, 6) is -0.415. The van der Waals surface area contributed by atoms with Crippen LogP contribution in [0.3, 0.4) is 0 Å². The van der Waals surface area contributed by atoms with E-state index in [2.05, 4.69) is 14.7 Å². The first-order valence-corrected chi connectivity index (χ1v) is 11.9. The molecule has 0 atom stereocenters. The standard InChI is InChI=1S/C26H22ClN5OS/c1-14-6-5-7-18(10-14)25-30-32-23(28)21(24(33)29-26(32)34-25)12-19-11-16(3)31(17(19)4)22-13-20(27)9-8-15(22)2/h5-13,28H,1-4H3/b21-12+,28-23?. The first kappa shape index (κ1) is 22.4. The summed E-state index contributed by atoms with van der Waals surface area (Å²) >= 11 is 7.56. The lowest BCUT2D eigenvalue weighted by molar-refractivity contribution is -0.114. The molecule has 0 radical (unpaired) electrons. The van der Waals surface area contributed by atoms with E-state index in [1.165, 1.54) is 16.8 Å². The minimum absolute atomic E-state index is 0.0221. The molecule has 0 saturated carbocycles. The van der Waals surface area contributed by atoms with Crippen molar-refractivity contribution in [3.05, 3.63) is 92.8 Å². The topological polar surface area (TPSA) is 73.8 Å². The van der Waals surface area contributed by atoms with Gasteiger partial charge in [-0.2, -0.15) is 15.1 Å². The number of aromatic nitrogens is 1. The van der Waals surface area contributed by atoms with Crippen LogP contribution in [0, 0.1) is 33.1 Å². The second-order valence-corrected chi connectivity index (χ2v) is 9.78. The van der Waals surface area contributed by atoms with Gasteiger partial charge in [-0.25, -0.2) is 0 Å². The van der Waals surface area contributed by atoms with Crippen LogP contribution >= 0.6 is 23.4 Å². The Balaban J connectivity index is 1.53. The molecule has 0 aliphatic carbocycles. The Kier molecular flexibility index (Phi) is 5.54. The molecule has 0 fully saturated rings. The monoisotopic (exact) mass is 487 g/mol. The van der Waals surface area contributed by atoms with Crippen molar-refractivity contribution in [2.45, 2.75) is 27.7 Å². The average molecular weight is 488 g/mol. The van der Waals surface area contributed by atoms with Crippen LogP contribution in [-0.4, -0.2) is 31.5 Å². The van der Waals surface area contributed by atoms with Crippen LogP contribution in [0.5, 0.6) is 0 Å². The fourth-order valence-corrected chi connectivity index (χ4v) is 5.22. The van der Waals surface area contributed by atoms with Gasteiger partial charge in [-0.15, -0.1) is 0 Å². The highest BCUT2D eigenvalue weighted by Gasteiger charge is 2.36. The SMILES string of the molecule is Cc1cccc(C2=NN3C(=N)/C(=C\c4cc(C)n(-c5cc(Cl)ccc5C)c4C)C(=O)N=C3S2)c1. The molecule has 3 heterocycles. The fourth-order valence-electron chi connectivity index (χ4n) is 4.17. The summed E-state index contributed by atoms with van der Waals surface area (Å²) in [5, 5.41) is 16.5. The molecule has 2 aromatic carbocycles. The number of aliphatic imine (C=N–C) groups is 1. The first-order chi connectivity index (χ1) is 16.2. The van der Waals surface area contributed by atoms with E-state index in [1.54, 1.807) is 6.08 Å². The maximum absolute atomic E-state index is 12.9. The number of carbonyl (C=O) groups excluding carboxylic acids is 1. The lowest BCUT2D eigenvalue weighted by Gasteiger charge is -2.20. The number of carbonyl (C=O) groups is 1. The zero-order valence-electron chi connectivity index (χ0n) is 19.2. The van der Waals surface area contributed by atoms with E-state index in [1.807, 2.05) is 76.2 Å². The number of rotatable bonds is 3. The minimum atomic E-state index is -0.437. The van der Waals surface area contributed by atoms with Crippen LogP contribution in [0.4, 0.5) is 0 Å². The molecule has 170 valence electrons. The summed E-state index contributed by atoms with van der Waals surface area (Å²) in [4.78, 5) is 17.1. The van der Waals surface area contributed by atoms with Gasteiger partial charge in [0.15, 0.2) is 5.84 Å². The second kappa shape index (κ2) is 8.42. The molecule has 6 nitrogen and oxygen atoms in total. The highest BCUT2D eigenvalue weighted by atomic mass is 35.5. The van der Waals surface area contributed by atoms with Crippen LogP contribution < -0.4 is 0 Å². The molecule has 2 aliphatic heterocycles. The third-order valence-corrected chi connectivity index (χ3v) is 7.09. The number of halogens is 1. The molecular formula is C26H22ClN5OS. The maximum atomic E-state index is 12.9. The molecule has 3 aromatic rings. The van der Waals surface area contributed by atoms with Crippen molar-refractivity contribution in [3.8, 4) is 5.69 Å². The van der Waals surface area contributed by atoms with E-state index in [9.17, 15) is 4.79 Å². The lowest BCUT2D eigenvalue weighted by Crippen LogP contribution is -2.35. The smallest absolute Gasteiger partial charge is 0.283 e. The number of thioether (sulfide) groups is 1. The molecule has 5 rings (SSSR count). The second-order valence-electron chi connectivity index (χ2n) is 8.39. The van der Waals surface area contributed by atoms with Gasteiger partial charge in [0.1, 0.15) is 5.04 Å². The molecule has 1 N–H and O–H groups in total. The number of hydrazone groups is 1. The molecule has 8 heteroatoms. The van der Waals surface area contributed by atoms with Crippen molar-refractivity contribution < 1.29 is 4.79 Å². The summed E-state index contributed by atoms with van der Waals surface area (Å²) in [6.45, 7) is 8.05. The third-order valence-electron chi connectivity index (χ3n) is 5.90. The molecule has 0 bridgehead atoms. The molecule has 0 spiro atoms. The van der Waals surface area contributed by atoms with Crippen LogP contribution in [-0.2, 0) is 4.79 Å². The number of fused-ring (bicyclic) bond motifs is 1. The van der Waals surface area contributed by atoms with Crippen LogP contribution in [0.25, 0.3) is 11.8 Å². The number of hydrogen-bond acceptors (Lipinski definition) is 4. The van der Waals surface area contributed by atoms with E-state index in [4.69, 9.17) is 17.0 Å². The van der Waals surface area contributed by atoms with Crippen molar-refractivity contribution in [3.63, 3.8) is 0 Å². The number of benzene rings is 2. The number of hydrogen-bond donors (Lipinski definition) is 1. The molecule has 1 amide bonds. The van der Waals surface area contributed by atoms with Gasteiger partial charge in [-0.1, -0.05) is 41.4 Å². The van der Waals surface area contributed by atoms with Gasteiger partial charge in [-0.3, -0.25) is 10.2 Å². The number of amides is 1. The maximum Gasteiger partial charge on any atom is 0.283 e. The van der Waals surface area contributed by atoms with Crippen molar-refractivity contribution in [1.29, 1.82) is 5.41 Å². The van der Waals surface area contributed by atoms with Crippen molar-refractivity contribution in [2.75, 3.05) is 0 Å². The fraction of sp³-hybridized carbons (Fsp3) is 0.154. The predicted molar refractivity (Wildman–Crippen MR) is 140 cm³/mol. The average Bonchev–Trinajstić information content (AvgIpc) is 3.33. The largest absolute Gasteiger partial charge is 0.318 e.